The Hall–Kier alpha value is -1.40. The van der Waals surface area contributed by atoms with Crippen LogP contribution in [0.15, 0.2) is 42.7 Å². The standard InChI is InChI=1S/C19H26N4O.ClH/c1-3-17(19-14-24-12-10-20-19)18(4-1)21-13-15-5-7-16(8-6-15)23-11-2-9-22-23;/h2,5-9,11,17-21H,1,3-4,10,12-14H2;1H. The molecule has 2 fully saturated rings. The van der Waals surface area contributed by atoms with Gasteiger partial charge in [-0.3, -0.25) is 0 Å². The van der Waals surface area contributed by atoms with Crippen molar-refractivity contribution in [2.75, 3.05) is 19.8 Å². The number of benzene rings is 1. The van der Waals surface area contributed by atoms with Crippen molar-refractivity contribution in [2.24, 2.45) is 5.92 Å². The molecule has 0 bridgehead atoms. The second kappa shape index (κ2) is 8.81. The molecule has 6 heteroatoms. The number of morpholine rings is 1. The van der Waals surface area contributed by atoms with Gasteiger partial charge in [0, 0.05) is 37.6 Å². The molecule has 2 N–H and O–H groups in total. The zero-order valence-electron chi connectivity index (χ0n) is 14.4. The number of nitrogens with one attached hydrogen (secondary N) is 2. The quantitative estimate of drug-likeness (QED) is 0.858. The predicted octanol–water partition coefficient (Wildman–Crippen LogP) is 2.54. The van der Waals surface area contributed by atoms with Gasteiger partial charge >= 0.3 is 0 Å². The van der Waals surface area contributed by atoms with Gasteiger partial charge in [-0.05, 0) is 42.5 Å². The summed E-state index contributed by atoms with van der Waals surface area (Å²) in [7, 11) is 0. The lowest BCUT2D eigenvalue weighted by molar-refractivity contribution is 0.0524. The van der Waals surface area contributed by atoms with Crippen LogP contribution in [0.5, 0.6) is 0 Å². The minimum atomic E-state index is 0. The van der Waals surface area contributed by atoms with Gasteiger partial charge in [0.2, 0.25) is 0 Å². The second-order valence-corrected chi connectivity index (χ2v) is 6.83. The highest BCUT2D eigenvalue weighted by molar-refractivity contribution is 5.85. The number of ether oxygens (including phenoxy) is 1. The highest BCUT2D eigenvalue weighted by Crippen LogP contribution is 2.29. The van der Waals surface area contributed by atoms with Gasteiger partial charge in [0.15, 0.2) is 0 Å². The van der Waals surface area contributed by atoms with Crippen molar-refractivity contribution in [3.05, 3.63) is 48.3 Å². The average molecular weight is 363 g/mol. The van der Waals surface area contributed by atoms with Crippen LogP contribution in [0.2, 0.25) is 0 Å². The molecule has 5 nitrogen and oxygen atoms in total. The summed E-state index contributed by atoms with van der Waals surface area (Å²) in [4.78, 5) is 0. The molecule has 2 aliphatic rings. The number of hydrogen-bond acceptors (Lipinski definition) is 4. The monoisotopic (exact) mass is 362 g/mol. The molecule has 2 aromatic rings. The van der Waals surface area contributed by atoms with Gasteiger partial charge in [0.05, 0.1) is 18.9 Å². The summed E-state index contributed by atoms with van der Waals surface area (Å²) in [5.41, 5.74) is 2.43. The fourth-order valence-electron chi connectivity index (χ4n) is 4.02. The summed E-state index contributed by atoms with van der Waals surface area (Å²) >= 11 is 0. The number of rotatable bonds is 5. The van der Waals surface area contributed by atoms with Crippen molar-refractivity contribution in [2.45, 2.75) is 37.9 Å². The summed E-state index contributed by atoms with van der Waals surface area (Å²) < 4.78 is 7.54. The molecule has 1 aromatic heterocycles. The topological polar surface area (TPSA) is 51.1 Å². The van der Waals surface area contributed by atoms with Crippen molar-refractivity contribution >= 4 is 12.4 Å². The second-order valence-electron chi connectivity index (χ2n) is 6.83. The van der Waals surface area contributed by atoms with Crippen LogP contribution in [0.1, 0.15) is 24.8 Å². The molecule has 1 saturated heterocycles. The van der Waals surface area contributed by atoms with Gasteiger partial charge in [-0.1, -0.05) is 18.6 Å². The first-order valence-corrected chi connectivity index (χ1v) is 9.03. The lowest BCUT2D eigenvalue weighted by Crippen LogP contribution is -2.50. The maximum atomic E-state index is 5.66. The molecule has 1 aliphatic carbocycles. The van der Waals surface area contributed by atoms with E-state index in [1.54, 1.807) is 6.20 Å². The van der Waals surface area contributed by atoms with Crippen molar-refractivity contribution < 1.29 is 4.74 Å². The van der Waals surface area contributed by atoms with Gasteiger partial charge in [-0.15, -0.1) is 12.4 Å². The maximum absolute atomic E-state index is 5.66. The minimum absolute atomic E-state index is 0. The fraction of sp³-hybridized carbons (Fsp3) is 0.526. The van der Waals surface area contributed by atoms with Crippen LogP contribution in [-0.2, 0) is 11.3 Å². The lowest BCUT2D eigenvalue weighted by atomic mass is 9.94. The molecule has 1 saturated carbocycles. The Morgan fingerprint density at radius 1 is 1.24 bits per heavy atom. The van der Waals surface area contributed by atoms with E-state index in [4.69, 9.17) is 4.74 Å². The van der Waals surface area contributed by atoms with Gasteiger partial charge < -0.3 is 15.4 Å². The minimum Gasteiger partial charge on any atom is -0.379 e. The van der Waals surface area contributed by atoms with Gasteiger partial charge in [0.1, 0.15) is 0 Å². The van der Waals surface area contributed by atoms with E-state index in [2.05, 4.69) is 40.0 Å². The van der Waals surface area contributed by atoms with Gasteiger partial charge in [0.25, 0.3) is 0 Å². The van der Waals surface area contributed by atoms with Crippen LogP contribution < -0.4 is 10.6 Å². The van der Waals surface area contributed by atoms with Crippen LogP contribution in [0.25, 0.3) is 5.69 Å². The van der Waals surface area contributed by atoms with Crippen LogP contribution in [0.3, 0.4) is 0 Å². The predicted molar refractivity (Wildman–Crippen MR) is 101 cm³/mol. The van der Waals surface area contributed by atoms with Gasteiger partial charge in [-0.2, -0.15) is 5.10 Å². The van der Waals surface area contributed by atoms with Crippen molar-refractivity contribution in [3.8, 4) is 5.69 Å². The van der Waals surface area contributed by atoms with Gasteiger partial charge in [-0.25, -0.2) is 4.68 Å². The average Bonchev–Trinajstić information content (AvgIpc) is 3.33. The molecular weight excluding hydrogens is 336 g/mol. The lowest BCUT2D eigenvalue weighted by Gasteiger charge is -2.33. The summed E-state index contributed by atoms with van der Waals surface area (Å²) in [6.45, 7) is 3.63. The molecular formula is C19H27ClN4O. The van der Waals surface area contributed by atoms with E-state index in [0.29, 0.717) is 18.0 Å². The molecule has 1 aromatic carbocycles. The SMILES string of the molecule is Cl.c1cnn(-c2ccc(CNC3CCCC3C3COCCN3)cc2)c1. The van der Waals surface area contributed by atoms with Crippen molar-refractivity contribution in [3.63, 3.8) is 0 Å². The number of aromatic nitrogens is 2. The zero-order chi connectivity index (χ0) is 16.2. The summed E-state index contributed by atoms with van der Waals surface area (Å²) in [6, 6.07) is 11.7. The molecule has 0 spiro atoms. The van der Waals surface area contributed by atoms with E-state index < -0.39 is 0 Å². The third-order valence-electron chi connectivity index (χ3n) is 5.31. The molecule has 4 rings (SSSR count). The Morgan fingerprint density at radius 3 is 2.84 bits per heavy atom. The first-order valence-electron chi connectivity index (χ1n) is 9.03. The van der Waals surface area contributed by atoms with E-state index in [1.165, 1.54) is 24.8 Å². The normalized spacial score (nSPS) is 26.3. The van der Waals surface area contributed by atoms with Crippen LogP contribution in [0, 0.1) is 5.92 Å². The van der Waals surface area contributed by atoms with Crippen LogP contribution >= 0.6 is 12.4 Å². The molecule has 0 amide bonds. The summed E-state index contributed by atoms with van der Waals surface area (Å²) in [5, 5.41) is 11.7. The number of halogens is 1. The smallest absolute Gasteiger partial charge is 0.0645 e. The third kappa shape index (κ3) is 4.42. The molecule has 0 radical (unpaired) electrons. The van der Waals surface area contributed by atoms with E-state index in [1.807, 2.05) is 16.9 Å². The van der Waals surface area contributed by atoms with Crippen molar-refractivity contribution in [1.82, 2.24) is 20.4 Å². The maximum Gasteiger partial charge on any atom is 0.0645 e. The molecule has 3 unspecified atom stereocenters. The fourth-order valence-corrected chi connectivity index (χ4v) is 4.02. The van der Waals surface area contributed by atoms with Crippen molar-refractivity contribution in [1.29, 1.82) is 0 Å². The Balaban J connectivity index is 0.00000182. The summed E-state index contributed by atoms with van der Waals surface area (Å²) in [5.74, 6) is 0.689. The Bertz CT molecular complexity index is 625. The number of hydrogen-bond donors (Lipinski definition) is 2. The highest BCUT2D eigenvalue weighted by atomic mass is 35.5. The third-order valence-corrected chi connectivity index (χ3v) is 5.31. The Labute approximate surface area is 155 Å². The largest absolute Gasteiger partial charge is 0.379 e. The van der Waals surface area contributed by atoms with E-state index in [0.717, 1.165) is 32.0 Å². The molecule has 136 valence electrons. The molecule has 2 heterocycles. The van der Waals surface area contributed by atoms with E-state index in [9.17, 15) is 0 Å². The Kier molecular flexibility index (Phi) is 6.48. The zero-order valence-corrected chi connectivity index (χ0v) is 15.3. The number of nitrogens with zero attached hydrogens (tertiary/aromatic N) is 2. The van der Waals surface area contributed by atoms with Crippen LogP contribution in [0.4, 0.5) is 0 Å². The van der Waals surface area contributed by atoms with Crippen LogP contribution in [-0.4, -0.2) is 41.6 Å². The summed E-state index contributed by atoms with van der Waals surface area (Å²) in [6.07, 6.45) is 7.66. The molecule has 3 atom stereocenters. The molecule has 1 aliphatic heterocycles. The first kappa shape index (κ1) is 18.4. The molecule has 25 heavy (non-hydrogen) atoms. The van der Waals surface area contributed by atoms with E-state index in [-0.39, 0.29) is 12.4 Å². The van der Waals surface area contributed by atoms with E-state index >= 15 is 0 Å². The highest BCUT2D eigenvalue weighted by Gasteiger charge is 2.34. The first-order chi connectivity index (χ1) is 11.9. The Morgan fingerprint density at radius 2 is 2.12 bits per heavy atom.